The minimum absolute atomic E-state index is 0.286. The second-order valence-corrected chi connectivity index (χ2v) is 7.04. The van der Waals surface area contributed by atoms with Gasteiger partial charge in [0.2, 0.25) is 5.65 Å². The maximum Gasteiger partial charge on any atom is 0.203 e. The van der Waals surface area contributed by atoms with E-state index in [1.807, 2.05) is 35.4 Å². The summed E-state index contributed by atoms with van der Waals surface area (Å²) in [5.74, 6) is 0.889. The number of pyridine rings is 1. The van der Waals surface area contributed by atoms with Gasteiger partial charge in [-0.1, -0.05) is 0 Å². The number of anilines is 2. The van der Waals surface area contributed by atoms with Crippen molar-refractivity contribution in [2.45, 2.75) is 19.9 Å². The third-order valence-corrected chi connectivity index (χ3v) is 5.31. The molecule has 5 rings (SSSR count). The van der Waals surface area contributed by atoms with Crippen molar-refractivity contribution in [3.63, 3.8) is 0 Å². The standard InChI is InChI=1S/C18H21N9/c1-12-10-25(14-4-5-19-16-15(14)13(2)23-24(16)3)8-9-27(12)17-18-22-21-11-26(18)7-6-20-17/h4-7,11-12H,8-10H2,1-3H3. The van der Waals surface area contributed by atoms with Crippen molar-refractivity contribution in [1.29, 1.82) is 0 Å². The molecule has 5 heterocycles. The summed E-state index contributed by atoms with van der Waals surface area (Å²) in [6, 6.07) is 2.38. The van der Waals surface area contributed by atoms with Gasteiger partial charge in [0, 0.05) is 51.3 Å². The Kier molecular flexibility index (Phi) is 3.49. The van der Waals surface area contributed by atoms with Crippen LogP contribution in [0.2, 0.25) is 0 Å². The maximum atomic E-state index is 4.58. The largest absolute Gasteiger partial charge is 0.367 e. The molecule has 1 fully saturated rings. The Bertz CT molecular complexity index is 1130. The van der Waals surface area contributed by atoms with Crippen LogP contribution in [0, 0.1) is 6.92 Å². The van der Waals surface area contributed by atoms with Crippen LogP contribution in [0.3, 0.4) is 0 Å². The third-order valence-electron chi connectivity index (χ3n) is 5.31. The summed E-state index contributed by atoms with van der Waals surface area (Å²) in [4.78, 5) is 13.8. The molecule has 0 radical (unpaired) electrons. The molecule has 0 amide bonds. The number of fused-ring (bicyclic) bond motifs is 2. The molecule has 138 valence electrons. The van der Waals surface area contributed by atoms with E-state index in [-0.39, 0.29) is 6.04 Å². The van der Waals surface area contributed by atoms with Crippen molar-refractivity contribution in [3.05, 3.63) is 36.7 Å². The molecule has 4 aromatic heterocycles. The normalized spacial score (nSPS) is 18.0. The average Bonchev–Trinajstić information content (AvgIpc) is 3.26. The van der Waals surface area contributed by atoms with Crippen molar-refractivity contribution in [1.82, 2.24) is 34.3 Å². The minimum Gasteiger partial charge on any atom is -0.367 e. The van der Waals surface area contributed by atoms with Crippen LogP contribution in [0.25, 0.3) is 16.7 Å². The average molecular weight is 363 g/mol. The Morgan fingerprint density at radius 1 is 1.11 bits per heavy atom. The monoisotopic (exact) mass is 363 g/mol. The van der Waals surface area contributed by atoms with Gasteiger partial charge in [0.25, 0.3) is 0 Å². The van der Waals surface area contributed by atoms with Crippen molar-refractivity contribution in [3.8, 4) is 0 Å². The Balaban J connectivity index is 1.48. The Morgan fingerprint density at radius 3 is 2.85 bits per heavy atom. The fourth-order valence-electron chi connectivity index (χ4n) is 4.06. The van der Waals surface area contributed by atoms with Gasteiger partial charge in [0.1, 0.15) is 6.33 Å². The van der Waals surface area contributed by atoms with Crippen LogP contribution in [0.15, 0.2) is 31.0 Å². The zero-order valence-corrected chi connectivity index (χ0v) is 15.6. The van der Waals surface area contributed by atoms with Gasteiger partial charge in [-0.2, -0.15) is 5.10 Å². The van der Waals surface area contributed by atoms with Gasteiger partial charge in [-0.3, -0.25) is 9.08 Å². The maximum absolute atomic E-state index is 4.58. The van der Waals surface area contributed by atoms with Crippen LogP contribution in [-0.2, 0) is 7.05 Å². The Hall–Kier alpha value is -3.23. The summed E-state index contributed by atoms with van der Waals surface area (Å²) in [7, 11) is 1.94. The first-order valence-corrected chi connectivity index (χ1v) is 9.07. The number of rotatable bonds is 2. The second kappa shape index (κ2) is 5.90. The van der Waals surface area contributed by atoms with E-state index in [9.17, 15) is 0 Å². The van der Waals surface area contributed by atoms with Gasteiger partial charge >= 0.3 is 0 Å². The third kappa shape index (κ3) is 2.42. The quantitative estimate of drug-likeness (QED) is 0.533. The molecule has 9 nitrogen and oxygen atoms in total. The molecule has 9 heteroatoms. The van der Waals surface area contributed by atoms with E-state index < -0.39 is 0 Å². The number of nitrogens with zero attached hydrogens (tertiary/aromatic N) is 9. The molecule has 1 atom stereocenters. The summed E-state index contributed by atoms with van der Waals surface area (Å²) < 4.78 is 3.76. The molecule has 0 bridgehead atoms. The number of hydrogen-bond acceptors (Lipinski definition) is 7. The van der Waals surface area contributed by atoms with Crippen molar-refractivity contribution >= 4 is 28.2 Å². The lowest BCUT2D eigenvalue weighted by Crippen LogP contribution is -2.52. The van der Waals surface area contributed by atoms with E-state index in [0.717, 1.165) is 47.8 Å². The van der Waals surface area contributed by atoms with Crippen molar-refractivity contribution in [2.75, 3.05) is 29.4 Å². The second-order valence-electron chi connectivity index (χ2n) is 7.04. The molecule has 0 spiro atoms. The fourth-order valence-corrected chi connectivity index (χ4v) is 4.06. The summed E-state index contributed by atoms with van der Waals surface area (Å²) in [5, 5.41) is 13.9. The summed E-state index contributed by atoms with van der Waals surface area (Å²) in [6.07, 6.45) is 7.25. The molecular weight excluding hydrogens is 342 g/mol. The van der Waals surface area contributed by atoms with E-state index in [1.54, 1.807) is 12.5 Å². The van der Waals surface area contributed by atoms with Crippen LogP contribution < -0.4 is 9.80 Å². The lowest BCUT2D eigenvalue weighted by Gasteiger charge is -2.41. The molecule has 1 aliphatic rings. The smallest absolute Gasteiger partial charge is 0.203 e. The number of aromatic nitrogens is 7. The molecule has 0 saturated carbocycles. The van der Waals surface area contributed by atoms with Crippen molar-refractivity contribution in [2.24, 2.45) is 7.05 Å². The molecule has 0 N–H and O–H groups in total. The van der Waals surface area contributed by atoms with Gasteiger partial charge in [-0.05, 0) is 19.9 Å². The van der Waals surface area contributed by atoms with Gasteiger partial charge in [0.05, 0.1) is 16.8 Å². The van der Waals surface area contributed by atoms with E-state index >= 15 is 0 Å². The zero-order chi connectivity index (χ0) is 18.5. The summed E-state index contributed by atoms with van der Waals surface area (Å²) in [5.41, 5.74) is 3.94. The molecule has 0 aromatic carbocycles. The first-order chi connectivity index (χ1) is 13.1. The zero-order valence-electron chi connectivity index (χ0n) is 15.6. The predicted octanol–water partition coefficient (Wildman–Crippen LogP) is 1.43. The lowest BCUT2D eigenvalue weighted by atomic mass is 10.1. The van der Waals surface area contributed by atoms with Crippen molar-refractivity contribution < 1.29 is 0 Å². The molecule has 1 aliphatic heterocycles. The van der Waals surface area contributed by atoms with Gasteiger partial charge in [-0.25, -0.2) is 9.97 Å². The van der Waals surface area contributed by atoms with Gasteiger partial charge < -0.3 is 9.80 Å². The van der Waals surface area contributed by atoms with Gasteiger partial charge in [0.15, 0.2) is 11.5 Å². The topological polar surface area (TPSA) is 80.3 Å². The number of piperazine rings is 1. The van der Waals surface area contributed by atoms with Crippen LogP contribution in [-0.4, -0.2) is 60.0 Å². The van der Waals surface area contributed by atoms with E-state index in [0.29, 0.717) is 0 Å². The van der Waals surface area contributed by atoms with Crippen LogP contribution in [0.4, 0.5) is 11.5 Å². The van der Waals surface area contributed by atoms with Crippen LogP contribution >= 0.6 is 0 Å². The highest BCUT2D eigenvalue weighted by Gasteiger charge is 2.28. The molecular formula is C18H21N9. The summed E-state index contributed by atoms with van der Waals surface area (Å²) >= 11 is 0. The Labute approximate surface area is 156 Å². The Morgan fingerprint density at radius 2 is 2.00 bits per heavy atom. The minimum atomic E-state index is 0.286. The van der Waals surface area contributed by atoms with Crippen LogP contribution in [0.5, 0.6) is 0 Å². The lowest BCUT2D eigenvalue weighted by molar-refractivity contribution is 0.547. The predicted molar refractivity (Wildman–Crippen MR) is 103 cm³/mol. The number of hydrogen-bond donors (Lipinski definition) is 0. The molecule has 0 aliphatic carbocycles. The first kappa shape index (κ1) is 16.0. The summed E-state index contributed by atoms with van der Waals surface area (Å²) in [6.45, 7) is 6.92. The van der Waals surface area contributed by atoms with E-state index in [2.05, 4.69) is 48.1 Å². The molecule has 4 aromatic rings. The molecule has 1 unspecified atom stereocenters. The fraction of sp³-hybridized carbons (Fsp3) is 0.389. The first-order valence-electron chi connectivity index (χ1n) is 9.07. The highest BCUT2D eigenvalue weighted by atomic mass is 15.3. The molecule has 27 heavy (non-hydrogen) atoms. The highest BCUT2D eigenvalue weighted by molar-refractivity contribution is 5.92. The highest BCUT2D eigenvalue weighted by Crippen LogP contribution is 2.30. The van der Waals surface area contributed by atoms with Gasteiger partial charge in [-0.15, -0.1) is 10.2 Å². The van der Waals surface area contributed by atoms with Crippen LogP contribution in [0.1, 0.15) is 12.6 Å². The SMILES string of the molecule is Cc1nn(C)c2nccc(N3CCN(c4nccn5cnnc45)C(C)C3)c12. The van der Waals surface area contributed by atoms with E-state index in [4.69, 9.17) is 0 Å². The van der Waals surface area contributed by atoms with E-state index in [1.165, 1.54) is 5.69 Å². The number of aryl methyl sites for hydroxylation is 2. The molecule has 1 saturated heterocycles.